The number of Topliss-reactive ketones (excluding diaryl/α,β-unsaturated/α-hetero) is 1. The molecule has 5 N–H and O–H groups in total. The van der Waals surface area contributed by atoms with E-state index in [1.807, 2.05) is 13.8 Å². The molecule has 0 fully saturated rings. The fourth-order valence-corrected chi connectivity index (χ4v) is 6.84. The maximum Gasteiger partial charge on any atom is 0.229 e. The number of nitrogens with zero attached hydrogens (tertiary/aromatic N) is 1. The molecule has 4 rings (SSSR count). The maximum atomic E-state index is 14.4. The summed E-state index contributed by atoms with van der Waals surface area (Å²) < 4.78 is 65.8. The number of aliphatic hydroxyl groups is 1. The SMILES string of the molecule is CCCCC1(CCCC)C(=O)C(C2=NS(O)(O)c3cc(NS(C)(=O)=O)ccc3N2)=C(O)c2cc(F)ccc21. The molecular formula is C26H32FN3O6S2. The van der Waals surface area contributed by atoms with Crippen LogP contribution in [0.15, 0.2) is 51.3 Å². The molecule has 0 bridgehead atoms. The summed E-state index contributed by atoms with van der Waals surface area (Å²) in [4.78, 5) is 14.2. The Morgan fingerprint density at radius 3 is 2.34 bits per heavy atom. The molecular weight excluding hydrogens is 533 g/mol. The van der Waals surface area contributed by atoms with Crippen LogP contribution >= 0.6 is 10.8 Å². The van der Waals surface area contributed by atoms with E-state index in [1.165, 1.54) is 30.3 Å². The first kappa shape index (κ1) is 28.1. The first-order chi connectivity index (χ1) is 17.8. The molecule has 1 aliphatic heterocycles. The van der Waals surface area contributed by atoms with Crippen LogP contribution in [0.2, 0.25) is 0 Å². The fourth-order valence-electron chi connectivity index (χ4n) is 5.10. The number of rotatable bonds is 9. The van der Waals surface area contributed by atoms with Crippen molar-refractivity contribution in [2.24, 2.45) is 4.40 Å². The monoisotopic (exact) mass is 565 g/mol. The van der Waals surface area contributed by atoms with Crippen molar-refractivity contribution in [1.29, 1.82) is 0 Å². The minimum absolute atomic E-state index is 0.0760. The number of anilines is 2. The van der Waals surface area contributed by atoms with Crippen LogP contribution in [0.25, 0.3) is 5.76 Å². The number of fused-ring (bicyclic) bond motifs is 2. The van der Waals surface area contributed by atoms with Gasteiger partial charge in [0.25, 0.3) is 0 Å². The predicted molar refractivity (Wildman–Crippen MR) is 149 cm³/mol. The molecule has 0 radical (unpaired) electrons. The highest BCUT2D eigenvalue weighted by Gasteiger charge is 2.49. The number of unbranched alkanes of at least 4 members (excludes halogenated alkanes) is 2. The number of halogens is 1. The number of sulfonamides is 1. The van der Waals surface area contributed by atoms with E-state index >= 15 is 0 Å². The van der Waals surface area contributed by atoms with Gasteiger partial charge < -0.3 is 10.4 Å². The van der Waals surface area contributed by atoms with Gasteiger partial charge in [0.15, 0.2) is 11.6 Å². The Morgan fingerprint density at radius 2 is 1.74 bits per heavy atom. The molecule has 2 aromatic carbocycles. The zero-order valence-electron chi connectivity index (χ0n) is 21.4. The number of hydrogen-bond acceptors (Lipinski definition) is 8. The molecule has 0 aromatic heterocycles. The van der Waals surface area contributed by atoms with Crippen LogP contribution in [0.5, 0.6) is 0 Å². The number of hydrogen-bond donors (Lipinski definition) is 5. The maximum absolute atomic E-state index is 14.4. The number of carbonyl (C=O) groups excluding carboxylic acids is 1. The molecule has 0 unspecified atom stereocenters. The molecule has 12 heteroatoms. The predicted octanol–water partition coefficient (Wildman–Crippen LogP) is 6.22. The zero-order valence-corrected chi connectivity index (χ0v) is 23.0. The number of nitrogens with one attached hydrogen (secondary N) is 2. The molecule has 0 saturated carbocycles. The Kier molecular flexibility index (Phi) is 7.63. The van der Waals surface area contributed by atoms with Crippen molar-refractivity contribution < 1.29 is 31.8 Å². The van der Waals surface area contributed by atoms with E-state index in [0.717, 1.165) is 19.1 Å². The minimum Gasteiger partial charge on any atom is -0.506 e. The lowest BCUT2D eigenvalue weighted by atomic mass is 9.63. The third-order valence-electron chi connectivity index (χ3n) is 6.85. The summed E-state index contributed by atoms with van der Waals surface area (Å²) >= 11 is 0. The second-order valence-electron chi connectivity index (χ2n) is 9.70. The number of ketones is 1. The Hall–Kier alpha value is -2.93. The molecule has 0 saturated heterocycles. The van der Waals surface area contributed by atoms with Gasteiger partial charge in [0.1, 0.15) is 22.0 Å². The highest BCUT2D eigenvalue weighted by Crippen LogP contribution is 2.57. The van der Waals surface area contributed by atoms with Crippen LogP contribution in [0, 0.1) is 5.82 Å². The van der Waals surface area contributed by atoms with Crippen LogP contribution < -0.4 is 10.0 Å². The van der Waals surface area contributed by atoms with Crippen molar-refractivity contribution in [3.05, 3.63) is 58.9 Å². The van der Waals surface area contributed by atoms with Crippen LogP contribution in [0.1, 0.15) is 63.5 Å². The molecule has 0 amide bonds. The lowest BCUT2D eigenvalue weighted by molar-refractivity contribution is -0.121. The Labute approximate surface area is 223 Å². The smallest absolute Gasteiger partial charge is 0.229 e. The molecule has 9 nitrogen and oxygen atoms in total. The van der Waals surface area contributed by atoms with E-state index in [2.05, 4.69) is 14.4 Å². The first-order valence-electron chi connectivity index (χ1n) is 12.4. The first-order valence-corrected chi connectivity index (χ1v) is 15.8. The molecule has 206 valence electrons. The normalized spacial score (nSPS) is 18.7. The molecule has 0 spiro atoms. The van der Waals surface area contributed by atoms with Gasteiger partial charge in [-0.05, 0) is 48.7 Å². The average molecular weight is 566 g/mol. The summed E-state index contributed by atoms with van der Waals surface area (Å²) in [5, 5.41) is 14.2. The third-order valence-corrected chi connectivity index (χ3v) is 8.82. The highest BCUT2D eigenvalue weighted by atomic mass is 32.3. The summed E-state index contributed by atoms with van der Waals surface area (Å²) in [6.07, 6.45) is 4.98. The fraction of sp³-hybridized carbons (Fsp3) is 0.385. The van der Waals surface area contributed by atoms with Crippen LogP contribution in [0.3, 0.4) is 0 Å². The van der Waals surface area contributed by atoms with Gasteiger partial charge in [-0.25, -0.2) is 12.8 Å². The van der Waals surface area contributed by atoms with Crippen molar-refractivity contribution in [2.45, 2.75) is 62.7 Å². The number of amidine groups is 1. The molecule has 1 aliphatic carbocycles. The van der Waals surface area contributed by atoms with Crippen molar-refractivity contribution in [2.75, 3.05) is 16.3 Å². The molecule has 2 aromatic rings. The van der Waals surface area contributed by atoms with E-state index in [-0.39, 0.29) is 33.2 Å². The van der Waals surface area contributed by atoms with Crippen LogP contribution in [-0.4, -0.2) is 40.5 Å². The quantitative estimate of drug-likeness (QED) is 0.242. The molecule has 1 heterocycles. The van der Waals surface area contributed by atoms with Gasteiger partial charge in [-0.15, -0.1) is 4.40 Å². The van der Waals surface area contributed by atoms with Crippen molar-refractivity contribution in [3.63, 3.8) is 0 Å². The summed E-state index contributed by atoms with van der Waals surface area (Å²) in [5.74, 6) is -1.73. The summed E-state index contributed by atoms with van der Waals surface area (Å²) in [6, 6.07) is 8.10. The number of benzene rings is 2. The molecule has 38 heavy (non-hydrogen) atoms. The van der Waals surface area contributed by atoms with Gasteiger partial charge in [0, 0.05) is 5.56 Å². The van der Waals surface area contributed by atoms with E-state index < -0.39 is 43.6 Å². The van der Waals surface area contributed by atoms with E-state index in [1.54, 1.807) is 6.07 Å². The average Bonchev–Trinajstić information content (AvgIpc) is 2.83. The number of aliphatic hydroxyl groups excluding tert-OH is 1. The van der Waals surface area contributed by atoms with Gasteiger partial charge in [-0.1, -0.05) is 56.4 Å². The van der Waals surface area contributed by atoms with Crippen molar-refractivity contribution >= 4 is 49.6 Å². The number of carbonyl (C=O) groups is 1. The minimum atomic E-state index is -3.90. The van der Waals surface area contributed by atoms with Gasteiger partial charge in [0.2, 0.25) is 10.0 Å². The lowest BCUT2D eigenvalue weighted by Crippen LogP contribution is -2.44. The second-order valence-corrected chi connectivity index (χ2v) is 13.1. The lowest BCUT2D eigenvalue weighted by Gasteiger charge is -2.41. The molecule has 2 aliphatic rings. The van der Waals surface area contributed by atoms with Crippen LogP contribution in [0.4, 0.5) is 15.8 Å². The van der Waals surface area contributed by atoms with Crippen LogP contribution in [-0.2, 0) is 20.2 Å². The van der Waals surface area contributed by atoms with Gasteiger partial charge >= 0.3 is 0 Å². The van der Waals surface area contributed by atoms with Crippen molar-refractivity contribution in [3.8, 4) is 0 Å². The summed E-state index contributed by atoms with van der Waals surface area (Å²) in [5.41, 5.74) is -0.282. The summed E-state index contributed by atoms with van der Waals surface area (Å²) in [7, 11) is -7.52. The Morgan fingerprint density at radius 1 is 1.08 bits per heavy atom. The zero-order chi connectivity index (χ0) is 27.9. The van der Waals surface area contributed by atoms with Gasteiger partial charge in [0.05, 0.1) is 23.0 Å². The standard InChI is InChI=1S/C26H32FN3O6S2/c1-4-6-12-26(13-7-5-2)19-10-8-16(27)14-18(19)23(31)22(24(26)32)25-28-20-11-9-17(29-37(3,33)34)15-21(20)38(35,36)30-25/h8-11,14-15,29,31,35-36H,4-7,12-13H2,1-3H3,(H,28,30). The Bertz CT molecular complexity index is 1440. The third kappa shape index (κ3) is 5.18. The second kappa shape index (κ2) is 10.3. The van der Waals surface area contributed by atoms with E-state index in [9.17, 15) is 31.8 Å². The van der Waals surface area contributed by atoms with Gasteiger partial charge in [-0.2, -0.15) is 0 Å². The van der Waals surface area contributed by atoms with Crippen molar-refractivity contribution in [1.82, 2.24) is 0 Å². The summed E-state index contributed by atoms with van der Waals surface area (Å²) in [6.45, 7) is 4.01. The largest absolute Gasteiger partial charge is 0.506 e. The molecule has 0 atom stereocenters. The topological polar surface area (TPSA) is 148 Å². The Balaban J connectivity index is 1.88. The van der Waals surface area contributed by atoms with E-state index in [0.29, 0.717) is 31.2 Å². The highest BCUT2D eigenvalue weighted by molar-refractivity contribution is 8.23. The van der Waals surface area contributed by atoms with E-state index in [4.69, 9.17) is 0 Å². The van der Waals surface area contributed by atoms with Gasteiger partial charge in [-0.3, -0.25) is 18.6 Å².